The van der Waals surface area contributed by atoms with Crippen LogP contribution in [0.3, 0.4) is 0 Å². The van der Waals surface area contributed by atoms with Gasteiger partial charge in [0.25, 0.3) is 0 Å². The summed E-state index contributed by atoms with van der Waals surface area (Å²) in [5, 5.41) is 22.2. The summed E-state index contributed by atoms with van der Waals surface area (Å²) >= 11 is 0. The number of hydrogen-bond donors (Lipinski definition) is 2. The molecule has 0 spiro atoms. The maximum Gasteiger partial charge on any atom is 0.246 e. The lowest BCUT2D eigenvalue weighted by Gasteiger charge is -2.16. The number of ether oxygens (including phenoxy) is 1. The zero-order valence-electron chi connectivity index (χ0n) is 16.4. The first-order valence-corrected chi connectivity index (χ1v) is 9.04. The zero-order valence-corrected chi connectivity index (χ0v) is 17.2. The number of carbonyl (C=O) groups is 1. The monoisotopic (exact) mass is 418 g/mol. The van der Waals surface area contributed by atoms with Crippen LogP contribution in [0.25, 0.3) is 5.69 Å². The predicted molar refractivity (Wildman–Crippen MR) is 109 cm³/mol. The second-order valence-electron chi connectivity index (χ2n) is 6.77. The number of halogens is 1. The second kappa shape index (κ2) is 8.58. The van der Waals surface area contributed by atoms with E-state index < -0.39 is 6.04 Å². The first kappa shape index (κ1) is 20.7. The van der Waals surface area contributed by atoms with E-state index in [2.05, 4.69) is 31.3 Å². The zero-order chi connectivity index (χ0) is 19.7. The molecule has 2 aromatic heterocycles. The number of rotatable bonds is 7. The molecule has 0 aliphatic heterocycles. The highest BCUT2D eigenvalue weighted by Crippen LogP contribution is 2.40. The molecular weight excluding hydrogens is 396 g/mol. The Hall–Kier alpha value is -2.98. The molecule has 1 aliphatic carbocycles. The van der Waals surface area contributed by atoms with Gasteiger partial charge in [0.05, 0.1) is 13.3 Å². The molecule has 1 amide bonds. The Labute approximate surface area is 174 Å². The van der Waals surface area contributed by atoms with E-state index in [1.165, 1.54) is 0 Å². The minimum Gasteiger partial charge on any atom is -0.494 e. The summed E-state index contributed by atoms with van der Waals surface area (Å²) in [5.41, 5.74) is 2.10. The molecule has 11 heteroatoms. The van der Waals surface area contributed by atoms with E-state index in [0.29, 0.717) is 23.0 Å². The predicted octanol–water partition coefficient (Wildman–Crippen LogP) is 1.60. The van der Waals surface area contributed by atoms with Crippen molar-refractivity contribution < 1.29 is 9.53 Å². The number of likely N-dealkylation sites (N-methyl/N-ethyl adjacent to an activating group) is 1. The molecule has 3 aromatic rings. The topological polar surface area (TPSA) is 112 Å². The Morgan fingerprint density at radius 3 is 2.76 bits per heavy atom. The number of aromatic nitrogens is 6. The third kappa shape index (κ3) is 4.22. The van der Waals surface area contributed by atoms with Gasteiger partial charge >= 0.3 is 0 Å². The Balaban J connectivity index is 0.00000240. The van der Waals surface area contributed by atoms with E-state index >= 15 is 0 Å². The Bertz CT molecular complexity index is 997. The molecule has 1 saturated carbocycles. The third-order valence-corrected chi connectivity index (χ3v) is 4.72. The highest BCUT2D eigenvalue weighted by atomic mass is 35.5. The van der Waals surface area contributed by atoms with Crippen LogP contribution in [0.2, 0.25) is 0 Å². The third-order valence-electron chi connectivity index (χ3n) is 4.72. The SMILES string of the molecule is CNC(C(=O)Nc1ccc(OC)c(-n2nnnc2C2CC2)c1)c1cnn(C)c1.Cl. The molecule has 2 N–H and O–H groups in total. The van der Waals surface area contributed by atoms with Crippen LogP contribution in [0.15, 0.2) is 30.6 Å². The van der Waals surface area contributed by atoms with Gasteiger partial charge in [0.2, 0.25) is 5.91 Å². The molecule has 1 fully saturated rings. The summed E-state index contributed by atoms with van der Waals surface area (Å²) in [6.45, 7) is 0. The van der Waals surface area contributed by atoms with Gasteiger partial charge in [0, 0.05) is 30.4 Å². The van der Waals surface area contributed by atoms with Gasteiger partial charge in [-0.25, -0.2) is 0 Å². The molecule has 1 unspecified atom stereocenters. The van der Waals surface area contributed by atoms with Crippen molar-refractivity contribution in [2.24, 2.45) is 7.05 Å². The number of tetrazole rings is 1. The number of nitrogens with zero attached hydrogens (tertiary/aromatic N) is 6. The van der Waals surface area contributed by atoms with Crippen LogP contribution in [-0.4, -0.2) is 50.1 Å². The minimum atomic E-state index is -0.519. The molecule has 1 atom stereocenters. The van der Waals surface area contributed by atoms with Gasteiger partial charge in [-0.3, -0.25) is 9.48 Å². The standard InChI is InChI=1S/C18H22N8O2.ClH/c1-19-16(12-9-20-25(2)10-12)18(27)21-13-6-7-15(28-3)14(8-13)26-17(11-4-5-11)22-23-24-26;/h6-11,16,19H,4-5H2,1-3H3,(H,21,27);1H. The quantitative estimate of drug-likeness (QED) is 0.599. The van der Waals surface area contributed by atoms with Gasteiger partial charge in [0.15, 0.2) is 5.82 Å². The molecule has 29 heavy (non-hydrogen) atoms. The van der Waals surface area contributed by atoms with Gasteiger partial charge in [-0.2, -0.15) is 9.78 Å². The van der Waals surface area contributed by atoms with Crippen molar-refractivity contribution in [2.75, 3.05) is 19.5 Å². The van der Waals surface area contributed by atoms with E-state index in [9.17, 15) is 4.79 Å². The van der Waals surface area contributed by atoms with E-state index in [1.807, 2.05) is 19.3 Å². The fourth-order valence-corrected chi connectivity index (χ4v) is 3.15. The van der Waals surface area contributed by atoms with Gasteiger partial charge in [-0.15, -0.1) is 17.5 Å². The van der Waals surface area contributed by atoms with Crippen molar-refractivity contribution in [3.63, 3.8) is 0 Å². The van der Waals surface area contributed by atoms with Crippen LogP contribution >= 0.6 is 12.4 Å². The molecular formula is C18H23ClN8O2. The van der Waals surface area contributed by atoms with Crippen molar-refractivity contribution in [1.29, 1.82) is 0 Å². The lowest BCUT2D eigenvalue weighted by molar-refractivity contribution is -0.118. The van der Waals surface area contributed by atoms with Gasteiger partial charge in [0.1, 0.15) is 17.5 Å². The highest BCUT2D eigenvalue weighted by molar-refractivity contribution is 5.95. The number of methoxy groups -OCH3 is 1. The Morgan fingerprint density at radius 1 is 1.34 bits per heavy atom. The molecule has 1 aromatic carbocycles. The van der Waals surface area contributed by atoms with Crippen LogP contribution in [0, 0.1) is 0 Å². The van der Waals surface area contributed by atoms with E-state index in [-0.39, 0.29) is 18.3 Å². The summed E-state index contributed by atoms with van der Waals surface area (Å²) < 4.78 is 8.82. The van der Waals surface area contributed by atoms with E-state index in [0.717, 1.165) is 24.2 Å². The molecule has 154 valence electrons. The van der Waals surface area contributed by atoms with Gasteiger partial charge in [-0.05, 0) is 48.5 Å². The second-order valence-corrected chi connectivity index (χ2v) is 6.77. The number of aryl methyl sites for hydroxylation is 1. The highest BCUT2D eigenvalue weighted by Gasteiger charge is 2.31. The van der Waals surface area contributed by atoms with E-state index in [1.54, 1.807) is 41.9 Å². The largest absolute Gasteiger partial charge is 0.494 e. The fourth-order valence-electron chi connectivity index (χ4n) is 3.15. The first-order valence-electron chi connectivity index (χ1n) is 9.04. The number of carbonyl (C=O) groups excluding carboxylic acids is 1. The molecule has 2 heterocycles. The van der Waals surface area contributed by atoms with E-state index in [4.69, 9.17) is 4.74 Å². The molecule has 4 rings (SSSR count). The summed E-state index contributed by atoms with van der Waals surface area (Å²) in [4.78, 5) is 12.8. The lowest BCUT2D eigenvalue weighted by atomic mass is 10.1. The fraction of sp³-hybridized carbons (Fsp3) is 0.389. The van der Waals surface area contributed by atoms with Crippen LogP contribution in [0.5, 0.6) is 5.75 Å². The molecule has 0 saturated heterocycles. The van der Waals surface area contributed by atoms with Crippen molar-refractivity contribution in [3.8, 4) is 11.4 Å². The smallest absolute Gasteiger partial charge is 0.246 e. The number of anilines is 1. The molecule has 0 radical (unpaired) electrons. The summed E-state index contributed by atoms with van der Waals surface area (Å²) in [5.74, 6) is 1.62. The molecule has 1 aliphatic rings. The number of benzene rings is 1. The maximum absolute atomic E-state index is 12.8. The first-order chi connectivity index (χ1) is 13.6. The normalized spacial score (nSPS) is 14.2. The van der Waals surface area contributed by atoms with Gasteiger partial charge < -0.3 is 15.4 Å². The Kier molecular flexibility index (Phi) is 6.14. The maximum atomic E-state index is 12.8. The Morgan fingerprint density at radius 2 is 2.14 bits per heavy atom. The number of hydrogen-bond acceptors (Lipinski definition) is 7. The molecule has 0 bridgehead atoms. The summed E-state index contributed by atoms with van der Waals surface area (Å²) in [6.07, 6.45) is 5.63. The summed E-state index contributed by atoms with van der Waals surface area (Å²) in [7, 11) is 5.14. The van der Waals surface area contributed by atoms with Crippen LogP contribution in [0.4, 0.5) is 5.69 Å². The van der Waals surface area contributed by atoms with Gasteiger partial charge in [-0.1, -0.05) is 0 Å². The van der Waals surface area contributed by atoms with Crippen molar-refractivity contribution >= 4 is 24.0 Å². The van der Waals surface area contributed by atoms with Crippen LogP contribution in [-0.2, 0) is 11.8 Å². The van der Waals surface area contributed by atoms with Crippen molar-refractivity contribution in [3.05, 3.63) is 42.0 Å². The average molecular weight is 419 g/mol. The average Bonchev–Trinajstić information content (AvgIpc) is 3.26. The van der Waals surface area contributed by atoms with Crippen LogP contribution < -0.4 is 15.4 Å². The number of amides is 1. The van der Waals surface area contributed by atoms with Crippen molar-refractivity contribution in [2.45, 2.75) is 24.8 Å². The van der Waals surface area contributed by atoms with Crippen molar-refractivity contribution in [1.82, 2.24) is 35.3 Å². The molecule has 10 nitrogen and oxygen atoms in total. The lowest BCUT2D eigenvalue weighted by Crippen LogP contribution is -2.30. The van der Waals surface area contributed by atoms with Crippen LogP contribution in [0.1, 0.15) is 36.2 Å². The number of nitrogens with one attached hydrogen (secondary N) is 2. The minimum absolute atomic E-state index is 0. The summed E-state index contributed by atoms with van der Waals surface area (Å²) in [6, 6.07) is 4.88.